The molecule has 4 nitrogen and oxygen atoms in total. The molecule has 1 aromatic carbocycles. The van der Waals surface area contributed by atoms with Gasteiger partial charge >= 0.3 is 6.36 Å². The van der Waals surface area contributed by atoms with E-state index in [-0.39, 0.29) is 30.5 Å². The summed E-state index contributed by atoms with van der Waals surface area (Å²) in [5.74, 6) is -0.295. The maximum absolute atomic E-state index is 12.4. The lowest BCUT2D eigenvalue weighted by atomic mass is 10.0. The summed E-state index contributed by atoms with van der Waals surface area (Å²) in [7, 11) is 1.76. The van der Waals surface area contributed by atoms with Crippen molar-refractivity contribution < 1.29 is 22.7 Å². The zero-order chi connectivity index (χ0) is 16.9. The fourth-order valence-electron chi connectivity index (χ4n) is 2.75. The van der Waals surface area contributed by atoms with E-state index in [1.54, 1.807) is 24.1 Å². The number of rotatable bonds is 5. The van der Waals surface area contributed by atoms with Crippen LogP contribution in [0.5, 0.6) is 5.75 Å². The van der Waals surface area contributed by atoms with E-state index < -0.39 is 6.36 Å². The number of nitrogens with one attached hydrogen (secondary N) is 1. The van der Waals surface area contributed by atoms with E-state index in [1.165, 1.54) is 12.1 Å². The van der Waals surface area contributed by atoms with Crippen LogP contribution in [-0.2, 0) is 11.2 Å². The summed E-state index contributed by atoms with van der Waals surface area (Å²) < 4.78 is 41.2. The number of piperidine rings is 1. The Morgan fingerprint density at radius 2 is 1.96 bits per heavy atom. The lowest BCUT2D eigenvalue weighted by Gasteiger charge is -2.31. The molecule has 7 heteroatoms. The van der Waals surface area contributed by atoms with Gasteiger partial charge in [-0.3, -0.25) is 4.79 Å². The highest BCUT2D eigenvalue weighted by Crippen LogP contribution is 2.27. The number of carbonyl (C=O) groups is 1. The molecule has 0 unspecified atom stereocenters. The SMILES string of the molecule is CN(C(=O)CCc1ccccc1OC(F)(F)F)C1CCNCC1. The number of aryl methyl sites for hydroxylation is 1. The van der Waals surface area contributed by atoms with E-state index in [1.807, 2.05) is 0 Å². The van der Waals surface area contributed by atoms with Gasteiger partial charge in [0.1, 0.15) is 5.75 Å². The molecule has 23 heavy (non-hydrogen) atoms. The minimum absolute atomic E-state index is 0.0567. The number of amides is 1. The van der Waals surface area contributed by atoms with Gasteiger partial charge in [-0.2, -0.15) is 0 Å². The summed E-state index contributed by atoms with van der Waals surface area (Å²) in [5.41, 5.74) is 0.386. The first-order chi connectivity index (χ1) is 10.9. The van der Waals surface area contributed by atoms with E-state index in [9.17, 15) is 18.0 Å². The van der Waals surface area contributed by atoms with Crippen LogP contribution in [0.15, 0.2) is 24.3 Å². The zero-order valence-corrected chi connectivity index (χ0v) is 13.0. The Morgan fingerprint density at radius 1 is 1.30 bits per heavy atom. The van der Waals surface area contributed by atoms with Crippen molar-refractivity contribution >= 4 is 5.91 Å². The Labute approximate surface area is 133 Å². The van der Waals surface area contributed by atoms with Crippen molar-refractivity contribution in [1.82, 2.24) is 10.2 Å². The molecule has 1 aliphatic rings. The standard InChI is InChI=1S/C16H21F3N2O2/c1-21(13-8-10-20-11-9-13)15(22)7-6-12-4-2-3-5-14(12)23-16(17,18)19/h2-5,13,20H,6-11H2,1H3. The number of carbonyl (C=O) groups excluding carboxylic acids is 1. The number of halogens is 3. The lowest BCUT2D eigenvalue weighted by molar-refractivity contribution is -0.274. The van der Waals surface area contributed by atoms with E-state index in [4.69, 9.17) is 0 Å². The normalized spacial score (nSPS) is 16.2. The number of alkyl halides is 3. The number of nitrogens with zero attached hydrogens (tertiary/aromatic N) is 1. The van der Waals surface area contributed by atoms with Crippen LogP contribution < -0.4 is 10.1 Å². The largest absolute Gasteiger partial charge is 0.573 e. The molecule has 2 rings (SSSR count). The first-order valence-corrected chi connectivity index (χ1v) is 7.67. The highest BCUT2D eigenvalue weighted by molar-refractivity contribution is 5.76. The molecule has 1 N–H and O–H groups in total. The van der Waals surface area contributed by atoms with Gasteiger partial charge in [0.15, 0.2) is 0 Å². The molecule has 0 aromatic heterocycles. The second-order valence-corrected chi connectivity index (χ2v) is 5.64. The molecule has 0 radical (unpaired) electrons. The maximum atomic E-state index is 12.4. The summed E-state index contributed by atoms with van der Waals surface area (Å²) in [6, 6.07) is 6.14. The number of hydrogen-bond acceptors (Lipinski definition) is 3. The highest BCUT2D eigenvalue weighted by Gasteiger charge is 2.32. The predicted molar refractivity (Wildman–Crippen MR) is 80.1 cm³/mol. The summed E-state index contributed by atoms with van der Waals surface area (Å²) in [6.07, 6.45) is -2.54. The minimum atomic E-state index is -4.73. The molecule has 1 heterocycles. The minimum Gasteiger partial charge on any atom is -0.406 e. The molecule has 0 saturated carbocycles. The van der Waals surface area contributed by atoms with Gasteiger partial charge in [0.2, 0.25) is 5.91 Å². The third-order valence-corrected chi connectivity index (χ3v) is 4.06. The van der Waals surface area contributed by atoms with Crippen LogP contribution in [0, 0.1) is 0 Å². The number of para-hydroxylation sites is 1. The van der Waals surface area contributed by atoms with Crippen LogP contribution in [0.3, 0.4) is 0 Å². The van der Waals surface area contributed by atoms with Gasteiger partial charge < -0.3 is 15.0 Å². The van der Waals surface area contributed by atoms with Crippen molar-refractivity contribution in [1.29, 1.82) is 0 Å². The van der Waals surface area contributed by atoms with Crippen molar-refractivity contribution in [2.24, 2.45) is 0 Å². The quantitative estimate of drug-likeness (QED) is 0.903. The summed E-state index contributed by atoms with van der Waals surface area (Å²) in [4.78, 5) is 14.0. The fourth-order valence-corrected chi connectivity index (χ4v) is 2.75. The smallest absolute Gasteiger partial charge is 0.406 e. The number of benzene rings is 1. The molecule has 1 aromatic rings. The van der Waals surface area contributed by atoms with Crippen molar-refractivity contribution in [2.45, 2.75) is 38.1 Å². The van der Waals surface area contributed by atoms with Gasteiger partial charge in [-0.05, 0) is 44.0 Å². The second-order valence-electron chi connectivity index (χ2n) is 5.64. The van der Waals surface area contributed by atoms with Crippen LogP contribution >= 0.6 is 0 Å². The Bertz CT molecular complexity index is 528. The van der Waals surface area contributed by atoms with Crippen LogP contribution in [0.4, 0.5) is 13.2 Å². The molecule has 0 spiro atoms. The Balaban J connectivity index is 1.93. The predicted octanol–water partition coefficient (Wildman–Crippen LogP) is 2.73. The van der Waals surface area contributed by atoms with E-state index in [0.29, 0.717) is 5.56 Å². The molecule has 0 aliphatic carbocycles. The zero-order valence-electron chi connectivity index (χ0n) is 13.0. The van der Waals surface area contributed by atoms with Crippen LogP contribution in [0.25, 0.3) is 0 Å². The third kappa shape index (κ3) is 5.42. The van der Waals surface area contributed by atoms with Gasteiger partial charge in [-0.1, -0.05) is 18.2 Å². The molecule has 1 amide bonds. The van der Waals surface area contributed by atoms with Crippen molar-refractivity contribution in [3.8, 4) is 5.75 Å². The van der Waals surface area contributed by atoms with Gasteiger partial charge in [0, 0.05) is 19.5 Å². The Kier molecular flexibility index (Phi) is 5.87. The average Bonchev–Trinajstić information content (AvgIpc) is 2.52. The van der Waals surface area contributed by atoms with Crippen molar-refractivity contribution in [3.63, 3.8) is 0 Å². The maximum Gasteiger partial charge on any atom is 0.573 e. The van der Waals surface area contributed by atoms with Gasteiger partial charge in [0.25, 0.3) is 0 Å². The molecule has 128 valence electrons. The number of hydrogen-bond donors (Lipinski definition) is 1. The van der Waals surface area contributed by atoms with Crippen molar-refractivity contribution in [3.05, 3.63) is 29.8 Å². The van der Waals surface area contributed by atoms with Crippen LogP contribution in [0.1, 0.15) is 24.8 Å². The topological polar surface area (TPSA) is 41.6 Å². The summed E-state index contributed by atoms with van der Waals surface area (Å²) in [6.45, 7) is 1.76. The highest BCUT2D eigenvalue weighted by atomic mass is 19.4. The number of ether oxygens (including phenoxy) is 1. The summed E-state index contributed by atoms with van der Waals surface area (Å²) >= 11 is 0. The fraction of sp³-hybridized carbons (Fsp3) is 0.562. The molecule has 0 atom stereocenters. The molecular weight excluding hydrogens is 309 g/mol. The second kappa shape index (κ2) is 7.68. The molecular formula is C16H21F3N2O2. The average molecular weight is 330 g/mol. The van der Waals surface area contributed by atoms with Gasteiger partial charge in [-0.15, -0.1) is 13.2 Å². The van der Waals surface area contributed by atoms with Gasteiger partial charge in [0.05, 0.1) is 0 Å². The van der Waals surface area contributed by atoms with Crippen LogP contribution in [0.2, 0.25) is 0 Å². The first-order valence-electron chi connectivity index (χ1n) is 7.67. The Hall–Kier alpha value is -1.76. The van der Waals surface area contributed by atoms with Crippen molar-refractivity contribution in [2.75, 3.05) is 20.1 Å². The van der Waals surface area contributed by atoms with E-state index >= 15 is 0 Å². The molecule has 1 saturated heterocycles. The third-order valence-electron chi connectivity index (χ3n) is 4.06. The van der Waals surface area contributed by atoms with Crippen LogP contribution in [-0.4, -0.2) is 43.3 Å². The molecule has 0 bridgehead atoms. The molecule has 1 aliphatic heterocycles. The van der Waals surface area contributed by atoms with E-state index in [2.05, 4.69) is 10.1 Å². The lowest BCUT2D eigenvalue weighted by Crippen LogP contribution is -2.44. The van der Waals surface area contributed by atoms with Gasteiger partial charge in [-0.25, -0.2) is 0 Å². The summed E-state index contributed by atoms with van der Waals surface area (Å²) in [5, 5.41) is 3.23. The van der Waals surface area contributed by atoms with E-state index in [0.717, 1.165) is 25.9 Å². The Morgan fingerprint density at radius 3 is 2.61 bits per heavy atom. The first kappa shape index (κ1) is 17.6. The monoisotopic (exact) mass is 330 g/mol. The molecule has 1 fully saturated rings.